The van der Waals surface area contributed by atoms with Gasteiger partial charge in [-0.1, -0.05) is 18.2 Å². The SMILES string of the molecule is COc1cc(C=C(CC(=O)O)c2nc3ccccc3s2)ccc1OCC(=O)N1C(C)CCCC1C. The summed E-state index contributed by atoms with van der Waals surface area (Å²) in [6.45, 7) is 4.10. The summed E-state index contributed by atoms with van der Waals surface area (Å²) in [5, 5.41) is 10.1. The number of carboxylic acids is 1. The van der Waals surface area contributed by atoms with Crippen molar-refractivity contribution in [2.75, 3.05) is 13.7 Å². The third-order valence-electron chi connectivity index (χ3n) is 6.27. The van der Waals surface area contributed by atoms with Crippen molar-refractivity contribution in [2.45, 2.75) is 51.6 Å². The minimum atomic E-state index is -0.929. The quantitative estimate of drug-likeness (QED) is 0.446. The molecule has 4 rings (SSSR count). The maximum Gasteiger partial charge on any atom is 0.307 e. The van der Waals surface area contributed by atoms with Crippen LogP contribution in [0.1, 0.15) is 50.1 Å². The number of benzene rings is 2. The molecule has 0 saturated carbocycles. The maximum atomic E-state index is 12.8. The molecule has 0 bridgehead atoms. The molecule has 7 nitrogen and oxygen atoms in total. The molecular weight excluding hydrogens is 464 g/mol. The lowest BCUT2D eigenvalue weighted by molar-refractivity contribution is -0.139. The molecule has 0 aliphatic carbocycles. The average molecular weight is 495 g/mol. The van der Waals surface area contributed by atoms with Crippen molar-refractivity contribution in [1.82, 2.24) is 9.88 Å². The first-order valence-corrected chi connectivity index (χ1v) is 12.6. The predicted molar refractivity (Wildman–Crippen MR) is 138 cm³/mol. The monoisotopic (exact) mass is 494 g/mol. The zero-order valence-corrected chi connectivity index (χ0v) is 21.0. The topological polar surface area (TPSA) is 89.0 Å². The Morgan fingerprint density at radius 2 is 1.89 bits per heavy atom. The van der Waals surface area contributed by atoms with E-state index < -0.39 is 5.97 Å². The molecule has 2 heterocycles. The Kier molecular flexibility index (Phi) is 7.70. The molecule has 2 atom stereocenters. The van der Waals surface area contributed by atoms with Gasteiger partial charge in [-0.25, -0.2) is 4.98 Å². The number of fused-ring (bicyclic) bond motifs is 1. The fraction of sp³-hybridized carbons (Fsp3) is 0.370. The van der Waals surface area contributed by atoms with E-state index in [4.69, 9.17) is 9.47 Å². The Balaban J connectivity index is 1.55. The van der Waals surface area contributed by atoms with Crippen molar-refractivity contribution < 1.29 is 24.2 Å². The van der Waals surface area contributed by atoms with Crippen molar-refractivity contribution in [3.05, 3.63) is 53.0 Å². The summed E-state index contributed by atoms with van der Waals surface area (Å²) in [4.78, 5) is 30.9. The van der Waals surface area contributed by atoms with E-state index >= 15 is 0 Å². The molecule has 3 aromatic rings. The number of nitrogens with zero attached hydrogens (tertiary/aromatic N) is 2. The fourth-order valence-electron chi connectivity index (χ4n) is 4.58. The van der Waals surface area contributed by atoms with Crippen molar-refractivity contribution in [3.8, 4) is 11.5 Å². The van der Waals surface area contributed by atoms with Crippen molar-refractivity contribution >= 4 is 45.1 Å². The minimum Gasteiger partial charge on any atom is -0.493 e. The van der Waals surface area contributed by atoms with Gasteiger partial charge in [-0.2, -0.15) is 0 Å². The van der Waals surface area contributed by atoms with Gasteiger partial charge in [0.25, 0.3) is 5.91 Å². The van der Waals surface area contributed by atoms with Gasteiger partial charge in [-0.05, 0) is 74.6 Å². The van der Waals surface area contributed by atoms with Crippen LogP contribution in [-0.2, 0) is 9.59 Å². The van der Waals surface area contributed by atoms with Gasteiger partial charge in [0.2, 0.25) is 0 Å². The number of piperidine rings is 1. The van der Waals surface area contributed by atoms with Crippen LogP contribution in [0, 0.1) is 0 Å². The normalized spacial score (nSPS) is 18.5. The maximum absolute atomic E-state index is 12.8. The van der Waals surface area contributed by atoms with E-state index in [-0.39, 0.29) is 31.0 Å². The van der Waals surface area contributed by atoms with Gasteiger partial charge < -0.3 is 19.5 Å². The summed E-state index contributed by atoms with van der Waals surface area (Å²) in [6, 6.07) is 13.5. The van der Waals surface area contributed by atoms with Gasteiger partial charge in [-0.15, -0.1) is 11.3 Å². The molecule has 0 spiro atoms. The molecule has 35 heavy (non-hydrogen) atoms. The lowest BCUT2D eigenvalue weighted by atomic mass is 9.97. The van der Waals surface area contributed by atoms with E-state index in [1.807, 2.05) is 35.2 Å². The summed E-state index contributed by atoms with van der Waals surface area (Å²) >= 11 is 1.46. The summed E-state index contributed by atoms with van der Waals surface area (Å²) in [7, 11) is 1.54. The highest BCUT2D eigenvalue weighted by molar-refractivity contribution is 7.19. The molecule has 1 N–H and O–H groups in total. The van der Waals surface area contributed by atoms with Crippen LogP contribution in [0.5, 0.6) is 11.5 Å². The molecule has 1 aromatic heterocycles. The molecule has 0 radical (unpaired) electrons. The summed E-state index contributed by atoms with van der Waals surface area (Å²) < 4.78 is 12.4. The fourth-order valence-corrected chi connectivity index (χ4v) is 5.56. The summed E-state index contributed by atoms with van der Waals surface area (Å²) in [5.74, 6) is -0.0160. The number of carbonyl (C=O) groups is 2. The number of aromatic nitrogens is 1. The first kappa shape index (κ1) is 24.7. The third-order valence-corrected chi connectivity index (χ3v) is 7.38. The number of hydrogen-bond acceptors (Lipinski definition) is 6. The molecule has 2 aromatic carbocycles. The van der Waals surface area contributed by atoms with Gasteiger partial charge in [0.05, 0.1) is 23.7 Å². The smallest absolute Gasteiger partial charge is 0.307 e. The number of para-hydroxylation sites is 1. The number of thiazole rings is 1. The summed E-state index contributed by atoms with van der Waals surface area (Å²) in [5.41, 5.74) is 2.21. The van der Waals surface area contributed by atoms with E-state index in [1.165, 1.54) is 18.4 Å². The Labute approximate surface area is 209 Å². The Hall–Kier alpha value is -3.39. The molecule has 1 saturated heterocycles. The van der Waals surface area contributed by atoms with Crippen LogP contribution >= 0.6 is 11.3 Å². The van der Waals surface area contributed by atoms with Crippen LogP contribution < -0.4 is 9.47 Å². The molecule has 1 aliphatic heterocycles. The van der Waals surface area contributed by atoms with Gasteiger partial charge in [0, 0.05) is 12.1 Å². The number of hydrogen-bond donors (Lipinski definition) is 1. The van der Waals surface area contributed by atoms with Crippen molar-refractivity contribution in [1.29, 1.82) is 0 Å². The van der Waals surface area contributed by atoms with Crippen LogP contribution in [0.3, 0.4) is 0 Å². The van der Waals surface area contributed by atoms with E-state index in [9.17, 15) is 14.7 Å². The Bertz CT molecular complexity index is 1210. The standard InChI is InChI=1S/C27H30N2O5S/c1-17-7-6-8-18(2)29(17)25(30)16-34-22-12-11-19(14-23(22)33-3)13-20(15-26(31)32)27-28-21-9-4-5-10-24(21)35-27/h4-5,9-14,17-18H,6-8,15-16H2,1-3H3,(H,31,32). The molecule has 1 aliphatic rings. The number of likely N-dealkylation sites (tertiary alicyclic amines) is 1. The van der Waals surface area contributed by atoms with E-state index in [1.54, 1.807) is 18.2 Å². The number of carbonyl (C=O) groups excluding carboxylic acids is 1. The highest BCUT2D eigenvalue weighted by atomic mass is 32.1. The summed E-state index contributed by atoms with van der Waals surface area (Å²) in [6.07, 6.45) is 4.81. The molecule has 1 amide bonds. The van der Waals surface area contributed by atoms with Gasteiger partial charge >= 0.3 is 5.97 Å². The van der Waals surface area contributed by atoms with E-state index in [0.717, 1.165) is 35.0 Å². The molecule has 184 valence electrons. The minimum absolute atomic E-state index is 0.0321. The second-order valence-electron chi connectivity index (χ2n) is 8.86. The van der Waals surface area contributed by atoms with Crippen LogP contribution in [0.2, 0.25) is 0 Å². The second-order valence-corrected chi connectivity index (χ2v) is 9.89. The molecule has 8 heteroatoms. The first-order chi connectivity index (χ1) is 16.9. The number of carboxylic acid groups (broad SMARTS) is 1. The number of rotatable bonds is 8. The van der Waals surface area contributed by atoms with Crippen molar-refractivity contribution in [2.24, 2.45) is 0 Å². The molecule has 2 unspecified atom stereocenters. The number of ether oxygens (including phenoxy) is 2. The highest BCUT2D eigenvalue weighted by Crippen LogP contribution is 2.33. The van der Waals surface area contributed by atoms with Crippen LogP contribution in [0.25, 0.3) is 21.9 Å². The molecular formula is C27H30N2O5S. The number of amides is 1. The third kappa shape index (κ3) is 5.82. The van der Waals surface area contributed by atoms with Gasteiger partial charge in [0.15, 0.2) is 18.1 Å². The van der Waals surface area contributed by atoms with Crippen LogP contribution in [0.15, 0.2) is 42.5 Å². The lowest BCUT2D eigenvalue weighted by Gasteiger charge is -2.39. The van der Waals surface area contributed by atoms with Gasteiger partial charge in [0.1, 0.15) is 5.01 Å². The average Bonchev–Trinajstić information content (AvgIpc) is 3.26. The lowest BCUT2D eigenvalue weighted by Crippen LogP contribution is -2.49. The Morgan fingerprint density at radius 3 is 2.57 bits per heavy atom. The molecule has 1 fully saturated rings. The highest BCUT2D eigenvalue weighted by Gasteiger charge is 2.29. The largest absolute Gasteiger partial charge is 0.493 e. The Morgan fingerprint density at radius 1 is 1.14 bits per heavy atom. The zero-order chi connectivity index (χ0) is 24.9. The first-order valence-electron chi connectivity index (χ1n) is 11.8. The van der Waals surface area contributed by atoms with Gasteiger partial charge in [-0.3, -0.25) is 9.59 Å². The van der Waals surface area contributed by atoms with E-state index in [2.05, 4.69) is 18.8 Å². The van der Waals surface area contributed by atoms with E-state index in [0.29, 0.717) is 22.1 Å². The number of aliphatic carboxylic acids is 1. The van der Waals surface area contributed by atoms with Crippen LogP contribution in [0.4, 0.5) is 0 Å². The zero-order valence-electron chi connectivity index (χ0n) is 20.2. The van der Waals surface area contributed by atoms with Crippen molar-refractivity contribution in [3.63, 3.8) is 0 Å². The second kappa shape index (κ2) is 10.9. The van der Waals surface area contributed by atoms with Crippen LogP contribution in [-0.4, -0.2) is 52.7 Å². The predicted octanol–water partition coefficient (Wildman–Crippen LogP) is 5.49. The number of methoxy groups -OCH3 is 1.